The van der Waals surface area contributed by atoms with Crippen LogP contribution in [0.2, 0.25) is 0 Å². The van der Waals surface area contributed by atoms with Crippen LogP contribution in [0, 0.1) is 5.82 Å². The van der Waals surface area contributed by atoms with E-state index in [4.69, 9.17) is 4.42 Å². The van der Waals surface area contributed by atoms with Crippen molar-refractivity contribution < 1.29 is 13.6 Å². The van der Waals surface area contributed by atoms with Crippen LogP contribution < -0.4 is 5.32 Å². The predicted octanol–water partition coefficient (Wildman–Crippen LogP) is 3.68. The number of hydrogen-bond acceptors (Lipinski definition) is 4. The number of hydrogen-bond donors (Lipinski definition) is 1. The number of benzene rings is 1. The Morgan fingerprint density at radius 3 is 3.00 bits per heavy atom. The fraction of sp³-hybridized carbons (Fsp3) is 0.421. The average molecular weight is 362 g/mol. The fourth-order valence-electron chi connectivity index (χ4n) is 3.16. The van der Waals surface area contributed by atoms with Crippen LogP contribution >= 0.6 is 11.8 Å². The van der Waals surface area contributed by atoms with Gasteiger partial charge in [-0.15, -0.1) is 0 Å². The molecule has 6 heteroatoms. The molecule has 1 unspecified atom stereocenters. The predicted molar refractivity (Wildman–Crippen MR) is 98.1 cm³/mol. The highest BCUT2D eigenvalue weighted by Gasteiger charge is 2.23. The molecule has 4 nitrogen and oxygen atoms in total. The van der Waals surface area contributed by atoms with Crippen LogP contribution in [-0.2, 0) is 12.3 Å². The number of piperidine rings is 1. The molecule has 1 aromatic heterocycles. The van der Waals surface area contributed by atoms with Gasteiger partial charge in [-0.05, 0) is 43.8 Å². The summed E-state index contributed by atoms with van der Waals surface area (Å²) in [5.74, 6) is 1.57. The highest BCUT2D eigenvalue weighted by molar-refractivity contribution is 7.97. The second-order valence-corrected chi connectivity index (χ2v) is 7.20. The second-order valence-electron chi connectivity index (χ2n) is 6.34. The van der Waals surface area contributed by atoms with E-state index in [9.17, 15) is 9.18 Å². The molecule has 1 fully saturated rings. The standard InChI is InChI=1S/C19H23FN2O2S/c1-25-13-16-8-9-18(24-16)19(23)21-15-6-4-10-22(12-15)11-14-5-2-3-7-17(14)20/h2-3,5,7-9,15H,4,6,10-13H2,1H3,(H,21,23). The van der Waals surface area contributed by atoms with Gasteiger partial charge in [0.15, 0.2) is 5.76 Å². The molecule has 25 heavy (non-hydrogen) atoms. The summed E-state index contributed by atoms with van der Waals surface area (Å²) in [5, 5.41) is 3.05. The van der Waals surface area contributed by atoms with Gasteiger partial charge in [0, 0.05) is 24.7 Å². The first kappa shape index (κ1) is 18.0. The molecule has 2 aromatic rings. The number of furan rings is 1. The van der Waals surface area contributed by atoms with Crippen LogP contribution in [0.25, 0.3) is 0 Å². The lowest BCUT2D eigenvalue weighted by atomic mass is 10.0. The van der Waals surface area contributed by atoms with Crippen molar-refractivity contribution >= 4 is 17.7 Å². The monoisotopic (exact) mass is 362 g/mol. The van der Waals surface area contributed by atoms with Crippen molar-refractivity contribution in [1.29, 1.82) is 0 Å². The number of nitrogens with zero attached hydrogens (tertiary/aromatic N) is 1. The molecular formula is C19H23FN2O2S. The molecule has 1 atom stereocenters. The first-order chi connectivity index (χ1) is 12.2. The van der Waals surface area contributed by atoms with E-state index in [0.717, 1.165) is 37.4 Å². The summed E-state index contributed by atoms with van der Waals surface area (Å²) in [4.78, 5) is 14.5. The molecule has 1 aromatic carbocycles. The number of thioether (sulfide) groups is 1. The van der Waals surface area contributed by atoms with Crippen molar-refractivity contribution in [1.82, 2.24) is 10.2 Å². The van der Waals surface area contributed by atoms with E-state index in [0.29, 0.717) is 17.9 Å². The summed E-state index contributed by atoms with van der Waals surface area (Å²) in [6, 6.07) is 10.5. The van der Waals surface area contributed by atoms with Gasteiger partial charge in [0.05, 0.1) is 5.75 Å². The third-order valence-electron chi connectivity index (χ3n) is 4.36. The van der Waals surface area contributed by atoms with Gasteiger partial charge in [-0.3, -0.25) is 9.69 Å². The summed E-state index contributed by atoms with van der Waals surface area (Å²) in [7, 11) is 0. The van der Waals surface area contributed by atoms with E-state index in [1.807, 2.05) is 24.5 Å². The lowest BCUT2D eigenvalue weighted by molar-refractivity contribution is 0.0871. The van der Waals surface area contributed by atoms with Crippen molar-refractivity contribution in [2.45, 2.75) is 31.2 Å². The maximum atomic E-state index is 13.8. The Balaban J connectivity index is 1.55. The number of halogens is 1. The highest BCUT2D eigenvalue weighted by Crippen LogP contribution is 2.17. The van der Waals surface area contributed by atoms with Crippen molar-refractivity contribution in [3.63, 3.8) is 0 Å². The Labute approximate surface area is 151 Å². The lowest BCUT2D eigenvalue weighted by Gasteiger charge is -2.33. The molecule has 1 amide bonds. The quantitative estimate of drug-likeness (QED) is 0.852. The molecule has 0 spiro atoms. The van der Waals surface area contributed by atoms with Crippen molar-refractivity contribution in [2.75, 3.05) is 19.3 Å². The summed E-state index contributed by atoms with van der Waals surface area (Å²) in [6.07, 6.45) is 3.90. The Morgan fingerprint density at radius 2 is 2.20 bits per heavy atom. The molecule has 0 aliphatic carbocycles. The molecule has 1 saturated heterocycles. The van der Waals surface area contributed by atoms with Crippen LogP contribution in [0.15, 0.2) is 40.8 Å². The topological polar surface area (TPSA) is 45.5 Å². The van der Waals surface area contributed by atoms with Gasteiger partial charge < -0.3 is 9.73 Å². The minimum Gasteiger partial charge on any atom is -0.455 e. The zero-order valence-corrected chi connectivity index (χ0v) is 15.2. The summed E-state index contributed by atoms with van der Waals surface area (Å²) in [6.45, 7) is 2.20. The number of amides is 1. The summed E-state index contributed by atoms with van der Waals surface area (Å²) in [5.41, 5.74) is 0.696. The number of carbonyl (C=O) groups is 1. The van der Waals surface area contributed by atoms with Gasteiger partial charge in [0.25, 0.3) is 5.91 Å². The van der Waals surface area contributed by atoms with E-state index in [1.165, 1.54) is 6.07 Å². The van der Waals surface area contributed by atoms with E-state index in [-0.39, 0.29) is 17.8 Å². The zero-order chi connectivity index (χ0) is 17.6. The van der Waals surface area contributed by atoms with Gasteiger partial charge in [0.2, 0.25) is 0 Å². The number of nitrogens with one attached hydrogen (secondary N) is 1. The Bertz CT molecular complexity index is 719. The second kappa shape index (κ2) is 8.54. The lowest BCUT2D eigenvalue weighted by Crippen LogP contribution is -2.47. The molecule has 0 bridgehead atoms. The number of carbonyl (C=O) groups excluding carboxylic acids is 1. The molecule has 0 radical (unpaired) electrons. The van der Waals surface area contributed by atoms with Crippen LogP contribution in [0.5, 0.6) is 0 Å². The third kappa shape index (κ3) is 4.86. The Hall–Kier alpha value is -1.79. The highest BCUT2D eigenvalue weighted by atomic mass is 32.2. The SMILES string of the molecule is CSCc1ccc(C(=O)NC2CCCN(Cc3ccccc3F)C2)o1. The molecular weight excluding hydrogens is 339 g/mol. The molecule has 1 N–H and O–H groups in total. The minimum absolute atomic E-state index is 0.0575. The summed E-state index contributed by atoms with van der Waals surface area (Å²) >= 11 is 1.65. The normalized spacial score (nSPS) is 18.2. The van der Waals surface area contributed by atoms with Crippen LogP contribution in [0.1, 0.15) is 34.7 Å². The van der Waals surface area contributed by atoms with Gasteiger partial charge in [-0.2, -0.15) is 11.8 Å². The number of rotatable bonds is 6. The molecule has 3 rings (SSSR count). The molecule has 0 saturated carbocycles. The maximum absolute atomic E-state index is 13.8. The van der Waals surface area contributed by atoms with E-state index in [2.05, 4.69) is 10.2 Å². The van der Waals surface area contributed by atoms with E-state index < -0.39 is 0 Å². The molecule has 1 aliphatic heterocycles. The molecule has 2 heterocycles. The number of likely N-dealkylation sites (tertiary alicyclic amines) is 1. The maximum Gasteiger partial charge on any atom is 0.287 e. The van der Waals surface area contributed by atoms with Crippen molar-refractivity contribution in [3.05, 3.63) is 59.3 Å². The average Bonchev–Trinajstić information content (AvgIpc) is 3.07. The van der Waals surface area contributed by atoms with Crippen molar-refractivity contribution in [3.8, 4) is 0 Å². The minimum atomic E-state index is -0.176. The fourth-order valence-corrected chi connectivity index (χ4v) is 3.60. The molecule has 1 aliphatic rings. The molecule has 134 valence electrons. The van der Waals surface area contributed by atoms with Gasteiger partial charge >= 0.3 is 0 Å². The van der Waals surface area contributed by atoms with Gasteiger partial charge in [0.1, 0.15) is 11.6 Å². The summed E-state index contributed by atoms with van der Waals surface area (Å²) < 4.78 is 19.4. The first-order valence-corrected chi connectivity index (χ1v) is 9.89. The zero-order valence-electron chi connectivity index (χ0n) is 14.3. The van der Waals surface area contributed by atoms with Crippen LogP contribution in [0.4, 0.5) is 4.39 Å². The van der Waals surface area contributed by atoms with Crippen LogP contribution in [-0.4, -0.2) is 36.2 Å². The Morgan fingerprint density at radius 1 is 1.36 bits per heavy atom. The first-order valence-electron chi connectivity index (χ1n) is 8.50. The van der Waals surface area contributed by atoms with Crippen molar-refractivity contribution in [2.24, 2.45) is 0 Å². The van der Waals surface area contributed by atoms with Crippen LogP contribution in [0.3, 0.4) is 0 Å². The Kier molecular flexibility index (Phi) is 6.15. The van der Waals surface area contributed by atoms with E-state index in [1.54, 1.807) is 23.9 Å². The van der Waals surface area contributed by atoms with E-state index >= 15 is 0 Å². The smallest absolute Gasteiger partial charge is 0.287 e. The largest absolute Gasteiger partial charge is 0.455 e. The third-order valence-corrected chi connectivity index (χ3v) is 4.94. The van der Waals surface area contributed by atoms with Gasteiger partial charge in [-0.25, -0.2) is 4.39 Å². The van der Waals surface area contributed by atoms with Gasteiger partial charge in [-0.1, -0.05) is 18.2 Å².